The van der Waals surface area contributed by atoms with Crippen LogP contribution in [0.1, 0.15) is 24.5 Å². The molecule has 0 spiro atoms. The average Bonchev–Trinajstić information content (AvgIpc) is 2.58. The maximum atomic E-state index is 13.0. The summed E-state index contributed by atoms with van der Waals surface area (Å²) in [4.78, 5) is 8.53. The largest absolute Gasteiger partial charge is 0.467 e. The molecule has 10 heteroatoms. The molecule has 27 heavy (non-hydrogen) atoms. The Kier molecular flexibility index (Phi) is 6.17. The molecule has 0 unspecified atom stereocenters. The van der Waals surface area contributed by atoms with Gasteiger partial charge in [0.05, 0.1) is 0 Å². The number of rotatable bonds is 6. The van der Waals surface area contributed by atoms with Crippen LogP contribution in [0.5, 0.6) is 5.88 Å². The first-order valence-electron chi connectivity index (χ1n) is 7.97. The van der Waals surface area contributed by atoms with Crippen LogP contribution in [0.3, 0.4) is 0 Å². The molecule has 2 aromatic rings. The van der Waals surface area contributed by atoms with Gasteiger partial charge in [0.2, 0.25) is 11.8 Å². The number of hydrogen-bond donors (Lipinski definition) is 0. The summed E-state index contributed by atoms with van der Waals surface area (Å²) in [5.74, 6) is -1.39. The van der Waals surface area contributed by atoms with Crippen molar-refractivity contribution in [1.82, 2.24) is 9.97 Å². The van der Waals surface area contributed by atoms with Crippen LogP contribution in [0.2, 0.25) is 0 Å². The van der Waals surface area contributed by atoms with Gasteiger partial charge in [-0.25, -0.2) is 4.98 Å². The lowest BCUT2D eigenvalue weighted by molar-refractivity contribution is -0.159. The summed E-state index contributed by atoms with van der Waals surface area (Å²) in [5, 5.41) is 0. The molecular weight excluding hydrogens is 376 g/mol. The van der Waals surface area contributed by atoms with Gasteiger partial charge in [0.25, 0.3) is 0 Å². The third-order valence-electron chi connectivity index (χ3n) is 3.58. The molecule has 0 amide bonds. The van der Waals surface area contributed by atoms with Gasteiger partial charge in [-0.05, 0) is 24.1 Å². The fraction of sp³-hybridized carbons (Fsp3) is 0.412. The highest BCUT2D eigenvalue weighted by atomic mass is 19.4. The smallest absolute Gasteiger partial charge is 0.423 e. The van der Waals surface area contributed by atoms with Crippen LogP contribution in [0.25, 0.3) is 0 Å². The van der Waals surface area contributed by atoms with Gasteiger partial charge < -0.3 is 9.64 Å². The summed E-state index contributed by atoms with van der Waals surface area (Å²) >= 11 is 0. The van der Waals surface area contributed by atoms with Crippen molar-refractivity contribution in [2.75, 3.05) is 18.6 Å². The zero-order valence-electron chi connectivity index (χ0n) is 14.5. The van der Waals surface area contributed by atoms with Crippen molar-refractivity contribution in [3.05, 3.63) is 41.6 Å². The quantitative estimate of drug-likeness (QED) is 0.636. The molecule has 0 aliphatic heterocycles. The molecule has 0 bridgehead atoms. The molecule has 0 atom stereocenters. The molecule has 0 saturated carbocycles. The van der Waals surface area contributed by atoms with E-state index in [2.05, 4.69) is 14.7 Å². The van der Waals surface area contributed by atoms with E-state index in [4.69, 9.17) is 0 Å². The first kappa shape index (κ1) is 20.8. The molecule has 0 aliphatic rings. The zero-order chi connectivity index (χ0) is 20.2. The van der Waals surface area contributed by atoms with Gasteiger partial charge in [0, 0.05) is 18.9 Å². The summed E-state index contributed by atoms with van der Waals surface area (Å²) in [7, 11) is 1.49. The predicted molar refractivity (Wildman–Crippen MR) is 87.1 cm³/mol. The fourth-order valence-electron chi connectivity index (χ4n) is 2.26. The molecule has 0 radical (unpaired) electrons. The summed E-state index contributed by atoms with van der Waals surface area (Å²) in [6.07, 6.45) is -7.50. The molecule has 1 aromatic carbocycles. The van der Waals surface area contributed by atoms with Crippen molar-refractivity contribution in [3.8, 4) is 5.88 Å². The normalized spacial score (nSPS) is 12.1. The van der Waals surface area contributed by atoms with Gasteiger partial charge in [0.1, 0.15) is 5.56 Å². The van der Waals surface area contributed by atoms with E-state index in [0.717, 1.165) is 18.4 Å². The molecule has 0 saturated heterocycles. The standard InChI is InChI=1S/C17H17F6N3O/c1-3-4-11-5-7-12(8-6-11)26(2)15-24-9-13(17(21,22)23)14(25-15)27-10-16(18,19)20/h5-9H,3-4,10H2,1-2H3. The first-order valence-corrected chi connectivity index (χ1v) is 7.97. The average molecular weight is 393 g/mol. The Labute approximate surface area is 151 Å². The van der Waals surface area contributed by atoms with Gasteiger partial charge in [-0.2, -0.15) is 31.3 Å². The van der Waals surface area contributed by atoms with Crippen LogP contribution < -0.4 is 9.64 Å². The van der Waals surface area contributed by atoms with Crippen LogP contribution in [-0.2, 0) is 12.6 Å². The Hall–Kier alpha value is -2.52. The maximum absolute atomic E-state index is 13.0. The maximum Gasteiger partial charge on any atom is 0.423 e. The first-order chi connectivity index (χ1) is 12.5. The van der Waals surface area contributed by atoms with Crippen LogP contribution in [0.15, 0.2) is 30.5 Å². The Morgan fingerprint density at radius 2 is 1.67 bits per heavy atom. The minimum absolute atomic E-state index is 0.219. The number of anilines is 2. The lowest BCUT2D eigenvalue weighted by Crippen LogP contribution is -2.23. The summed E-state index contributed by atoms with van der Waals surface area (Å²) in [5.41, 5.74) is 0.177. The van der Waals surface area contributed by atoms with Crippen LogP contribution in [-0.4, -0.2) is 29.8 Å². The third-order valence-corrected chi connectivity index (χ3v) is 3.58. The van der Waals surface area contributed by atoms with Crippen molar-refractivity contribution in [2.45, 2.75) is 32.1 Å². The summed E-state index contributed by atoms with van der Waals surface area (Å²) < 4.78 is 80.2. The van der Waals surface area contributed by atoms with E-state index < -0.39 is 30.4 Å². The Balaban J connectivity index is 2.33. The van der Waals surface area contributed by atoms with Gasteiger partial charge >= 0.3 is 12.4 Å². The van der Waals surface area contributed by atoms with E-state index in [1.54, 1.807) is 12.1 Å². The van der Waals surface area contributed by atoms with E-state index in [-0.39, 0.29) is 5.95 Å². The van der Waals surface area contributed by atoms with Crippen LogP contribution >= 0.6 is 0 Å². The molecule has 1 aromatic heterocycles. The van der Waals surface area contributed by atoms with Gasteiger partial charge in [-0.15, -0.1) is 0 Å². The van der Waals surface area contributed by atoms with Gasteiger partial charge in [-0.3, -0.25) is 0 Å². The number of aryl methyl sites for hydroxylation is 1. The van der Waals surface area contributed by atoms with E-state index in [1.807, 2.05) is 19.1 Å². The van der Waals surface area contributed by atoms with E-state index in [9.17, 15) is 26.3 Å². The summed E-state index contributed by atoms with van der Waals surface area (Å²) in [6, 6.07) is 7.14. The molecule has 0 N–H and O–H groups in total. The third kappa shape index (κ3) is 5.73. The highest BCUT2D eigenvalue weighted by Gasteiger charge is 2.38. The Morgan fingerprint density at radius 1 is 1.04 bits per heavy atom. The van der Waals surface area contributed by atoms with Gasteiger partial charge in [0.15, 0.2) is 6.61 Å². The molecule has 2 rings (SSSR count). The number of nitrogens with zero attached hydrogens (tertiary/aromatic N) is 3. The zero-order valence-corrected chi connectivity index (χ0v) is 14.5. The Bertz CT molecular complexity index is 759. The number of hydrogen-bond acceptors (Lipinski definition) is 4. The lowest BCUT2D eigenvalue weighted by atomic mass is 10.1. The molecule has 1 heterocycles. The van der Waals surface area contributed by atoms with E-state index >= 15 is 0 Å². The predicted octanol–water partition coefficient (Wildman–Crippen LogP) is 5.16. The molecule has 148 valence electrons. The second-order valence-corrected chi connectivity index (χ2v) is 5.77. The second kappa shape index (κ2) is 8.01. The van der Waals surface area contributed by atoms with E-state index in [0.29, 0.717) is 11.9 Å². The SMILES string of the molecule is CCCc1ccc(N(C)c2ncc(C(F)(F)F)c(OCC(F)(F)F)n2)cc1. The van der Waals surface area contributed by atoms with Crippen molar-refractivity contribution < 1.29 is 31.1 Å². The van der Waals surface area contributed by atoms with Crippen LogP contribution in [0.4, 0.5) is 38.0 Å². The topological polar surface area (TPSA) is 38.2 Å². The highest BCUT2D eigenvalue weighted by molar-refractivity contribution is 5.57. The lowest BCUT2D eigenvalue weighted by Gasteiger charge is -2.20. The Morgan fingerprint density at radius 3 is 2.19 bits per heavy atom. The molecule has 0 aliphatic carbocycles. The number of alkyl halides is 6. The second-order valence-electron chi connectivity index (χ2n) is 5.77. The number of benzene rings is 1. The number of halogens is 6. The van der Waals surface area contributed by atoms with Gasteiger partial charge in [-0.1, -0.05) is 25.5 Å². The number of ether oxygens (including phenoxy) is 1. The molecule has 0 fully saturated rings. The summed E-state index contributed by atoms with van der Waals surface area (Å²) in [6.45, 7) is 0.139. The molecular formula is C17H17F6N3O. The molecule has 4 nitrogen and oxygen atoms in total. The van der Waals surface area contributed by atoms with Crippen molar-refractivity contribution >= 4 is 11.6 Å². The van der Waals surface area contributed by atoms with Crippen molar-refractivity contribution in [2.24, 2.45) is 0 Å². The minimum Gasteiger partial charge on any atom is -0.467 e. The minimum atomic E-state index is -4.94. The highest BCUT2D eigenvalue weighted by Crippen LogP contribution is 2.36. The van der Waals surface area contributed by atoms with Crippen molar-refractivity contribution in [1.29, 1.82) is 0 Å². The van der Waals surface area contributed by atoms with E-state index in [1.165, 1.54) is 11.9 Å². The fourth-order valence-corrected chi connectivity index (χ4v) is 2.26. The monoisotopic (exact) mass is 393 g/mol. The number of aromatic nitrogens is 2. The van der Waals surface area contributed by atoms with Crippen molar-refractivity contribution in [3.63, 3.8) is 0 Å². The van der Waals surface area contributed by atoms with Crippen LogP contribution in [0, 0.1) is 0 Å².